The van der Waals surface area contributed by atoms with Crippen LogP contribution >= 0.6 is 0 Å². The van der Waals surface area contributed by atoms with E-state index in [-0.39, 0.29) is 31.5 Å². The topological polar surface area (TPSA) is 208 Å². The molecule has 3 saturated carbocycles. The number of hydrogen-bond donors (Lipinski definition) is 6. The van der Waals surface area contributed by atoms with Crippen molar-refractivity contribution in [3.63, 3.8) is 0 Å². The third-order valence-corrected chi connectivity index (χ3v) is 14.8. The van der Waals surface area contributed by atoms with Gasteiger partial charge in [0.05, 0.1) is 23.8 Å². The minimum atomic E-state index is -1.20. The van der Waals surface area contributed by atoms with Crippen LogP contribution in [-0.4, -0.2) is 111 Å². The van der Waals surface area contributed by atoms with E-state index in [1.165, 1.54) is 12.5 Å². The minimum absolute atomic E-state index is 0.151. The van der Waals surface area contributed by atoms with E-state index in [1.807, 2.05) is 19.1 Å². The molecule has 2 bridgehead atoms. The van der Waals surface area contributed by atoms with Crippen molar-refractivity contribution in [3.8, 4) is 11.1 Å². The Morgan fingerprint density at radius 1 is 0.864 bits per heavy atom. The van der Waals surface area contributed by atoms with Gasteiger partial charge in [-0.25, -0.2) is 0 Å². The van der Waals surface area contributed by atoms with E-state index < -0.39 is 78.0 Å². The van der Waals surface area contributed by atoms with Gasteiger partial charge >= 0.3 is 7.12 Å². The van der Waals surface area contributed by atoms with Crippen molar-refractivity contribution in [1.29, 1.82) is 0 Å². The first kappa shape index (κ1) is 51.1. The predicted molar refractivity (Wildman–Crippen MR) is 254 cm³/mol. The molecule has 5 fully saturated rings. The fourth-order valence-electron chi connectivity index (χ4n) is 10.2. The molecule has 0 radical (unpaired) electrons. The van der Waals surface area contributed by atoms with E-state index in [2.05, 4.69) is 85.5 Å². The molecule has 2 aliphatic heterocycles. The standard InChI is InChI=1S/C50H75BN6O9/c1-8-9-14-34-16-18-35(19-17-34)36-20-22-37(23-21-36)44(59)56-39(15-10-11-25-52)46(61)57-41-31-64-27-13-12-26-63-28-24-40(55-43(58)32(2)53-47(41)62)45(60)54-33(3)51-65-49(6)30-38-29-42(48(38,4)5)50(49,7)66-51/h16-23,32-33,38-42H,8-15,24-31,52H2,1-7H3,(H,53,62)(H,54,60)(H,55,58)(H,56,59)(H,57,61)/t32-,33-,38-,39-,40-,41-,42-,49+,50-/m0/s1. The number of aryl methyl sites for hydroxylation is 1. The first-order valence-corrected chi connectivity index (χ1v) is 24.4. The van der Waals surface area contributed by atoms with Gasteiger partial charge in [-0.3, -0.25) is 24.0 Å². The molecular weight excluding hydrogens is 839 g/mol. The lowest BCUT2D eigenvalue weighted by Crippen LogP contribution is -2.70. The number of nitrogens with two attached hydrogens (primary N) is 1. The molecule has 362 valence electrons. The third kappa shape index (κ3) is 12.0. The molecule has 66 heavy (non-hydrogen) atoms. The van der Waals surface area contributed by atoms with E-state index in [9.17, 15) is 24.0 Å². The summed E-state index contributed by atoms with van der Waals surface area (Å²) in [7, 11) is -0.672. The Morgan fingerprint density at radius 3 is 2.21 bits per heavy atom. The van der Waals surface area contributed by atoms with Crippen LogP contribution in [0.2, 0.25) is 0 Å². The van der Waals surface area contributed by atoms with Gasteiger partial charge in [0.2, 0.25) is 23.6 Å². The molecule has 2 aromatic carbocycles. The first-order valence-electron chi connectivity index (χ1n) is 24.4. The number of amides is 5. The minimum Gasteiger partial charge on any atom is -0.402 e. The molecule has 5 aliphatic rings. The summed E-state index contributed by atoms with van der Waals surface area (Å²) in [5, 5.41) is 14.2. The number of rotatable bonds is 15. The average molecular weight is 915 g/mol. The van der Waals surface area contributed by atoms with Gasteiger partial charge < -0.3 is 51.1 Å². The van der Waals surface area contributed by atoms with Crippen molar-refractivity contribution >= 4 is 36.7 Å². The van der Waals surface area contributed by atoms with Gasteiger partial charge in [0.1, 0.15) is 24.2 Å². The van der Waals surface area contributed by atoms with Gasteiger partial charge in [-0.2, -0.15) is 0 Å². The van der Waals surface area contributed by atoms with E-state index in [4.69, 9.17) is 24.5 Å². The van der Waals surface area contributed by atoms with Crippen LogP contribution in [0.15, 0.2) is 48.5 Å². The number of unbranched alkanes of at least 4 members (excludes halogenated alkanes) is 2. The molecule has 7 N–H and O–H groups in total. The maximum absolute atomic E-state index is 14.0. The lowest BCUT2D eigenvalue weighted by atomic mass is 9.41. The highest BCUT2D eigenvalue weighted by Gasteiger charge is 2.73. The Labute approximate surface area is 392 Å². The van der Waals surface area contributed by atoms with Crippen molar-refractivity contribution in [3.05, 3.63) is 59.7 Å². The normalized spacial score (nSPS) is 29.0. The zero-order chi connectivity index (χ0) is 47.6. The first-order chi connectivity index (χ1) is 31.5. The van der Waals surface area contributed by atoms with Gasteiger partial charge in [0, 0.05) is 25.4 Å². The summed E-state index contributed by atoms with van der Waals surface area (Å²) < 4.78 is 25.0. The number of benzene rings is 2. The van der Waals surface area contributed by atoms with Crippen LogP contribution in [0.5, 0.6) is 0 Å². The van der Waals surface area contributed by atoms with Crippen molar-refractivity contribution in [2.75, 3.05) is 33.0 Å². The molecule has 2 saturated heterocycles. The molecule has 2 heterocycles. The summed E-state index contributed by atoms with van der Waals surface area (Å²) in [6, 6.07) is 11.4. The lowest BCUT2D eigenvalue weighted by Gasteiger charge is -2.67. The molecule has 7 rings (SSSR count). The Kier molecular flexibility index (Phi) is 17.5. The molecule has 0 spiro atoms. The molecule has 2 aromatic rings. The maximum Gasteiger partial charge on any atom is 0.481 e. The highest BCUT2D eigenvalue weighted by Crippen LogP contribution is 2.69. The van der Waals surface area contributed by atoms with Crippen molar-refractivity contribution in [1.82, 2.24) is 26.6 Å². The van der Waals surface area contributed by atoms with Crippen molar-refractivity contribution in [2.24, 2.45) is 23.0 Å². The number of hydrogen-bond acceptors (Lipinski definition) is 10. The summed E-state index contributed by atoms with van der Waals surface area (Å²) in [5.41, 5.74) is 8.62. The van der Waals surface area contributed by atoms with Gasteiger partial charge in [-0.1, -0.05) is 63.6 Å². The average Bonchev–Trinajstić information content (AvgIpc) is 3.60. The van der Waals surface area contributed by atoms with Gasteiger partial charge in [0.25, 0.3) is 5.91 Å². The van der Waals surface area contributed by atoms with Crippen molar-refractivity contribution < 1.29 is 42.8 Å². The molecule has 15 nitrogen and oxygen atoms in total. The van der Waals surface area contributed by atoms with Crippen LogP contribution in [0.3, 0.4) is 0 Å². The SMILES string of the molecule is CCCCc1ccc(-c2ccc(C(=O)N[C@@H](CCCCN)C(=O)N[C@H]3COCCCCOCC[C@@H](C(=O)N[C@@H](C)B4O[C@]5(C)C[C@@H]6C[C@@H](C6(C)C)[C@]5(C)O4)NC(=O)[C@H](C)NC3=O)cc2)cc1. The van der Waals surface area contributed by atoms with Crippen LogP contribution in [-0.2, 0) is 44.4 Å². The largest absolute Gasteiger partial charge is 0.481 e. The van der Waals surface area contributed by atoms with Crippen LogP contribution < -0.4 is 32.3 Å². The molecule has 0 unspecified atom stereocenters. The number of ether oxygens (including phenoxy) is 2. The van der Waals surface area contributed by atoms with E-state index in [0.29, 0.717) is 62.8 Å². The number of nitrogens with one attached hydrogen (secondary N) is 5. The Hall–Kier alpha value is -4.35. The molecule has 3 aliphatic carbocycles. The van der Waals surface area contributed by atoms with E-state index in [0.717, 1.165) is 43.2 Å². The third-order valence-electron chi connectivity index (χ3n) is 14.8. The van der Waals surface area contributed by atoms with Crippen LogP contribution in [0.1, 0.15) is 129 Å². The van der Waals surface area contributed by atoms with Gasteiger partial charge in [0.15, 0.2) is 0 Å². The fraction of sp³-hybridized carbons (Fsp3) is 0.660. The second kappa shape index (κ2) is 22.6. The highest BCUT2D eigenvalue weighted by atomic mass is 16.7. The number of carbonyl (C=O) groups is 5. The predicted octanol–water partition coefficient (Wildman–Crippen LogP) is 4.78. The van der Waals surface area contributed by atoms with Gasteiger partial charge in [-0.05, 0) is 145 Å². The van der Waals surface area contributed by atoms with Crippen molar-refractivity contribution in [2.45, 2.75) is 160 Å². The summed E-state index contributed by atoms with van der Waals surface area (Å²) in [5.74, 6) is -2.32. The molecular formula is C50H75BN6O9. The van der Waals surface area contributed by atoms with Crippen LogP contribution in [0.4, 0.5) is 0 Å². The summed E-state index contributed by atoms with van der Waals surface area (Å²) in [4.78, 5) is 69.0. The monoisotopic (exact) mass is 915 g/mol. The Morgan fingerprint density at radius 2 is 1.55 bits per heavy atom. The second-order valence-corrected chi connectivity index (χ2v) is 20.0. The number of carbonyl (C=O) groups excluding carboxylic acids is 5. The van der Waals surface area contributed by atoms with Crippen LogP contribution in [0, 0.1) is 17.3 Å². The zero-order valence-corrected chi connectivity index (χ0v) is 40.3. The second-order valence-electron chi connectivity index (χ2n) is 20.0. The summed E-state index contributed by atoms with van der Waals surface area (Å²) in [6.07, 6.45) is 8.22. The Bertz CT molecular complexity index is 1990. The van der Waals surface area contributed by atoms with Gasteiger partial charge in [-0.15, -0.1) is 0 Å². The molecule has 5 amide bonds. The summed E-state index contributed by atoms with van der Waals surface area (Å²) in [6.45, 7) is 15.5. The Balaban J connectivity index is 1.07. The molecule has 0 aromatic heterocycles. The van der Waals surface area contributed by atoms with E-state index >= 15 is 0 Å². The van der Waals surface area contributed by atoms with E-state index in [1.54, 1.807) is 12.1 Å². The van der Waals surface area contributed by atoms with Crippen LogP contribution in [0.25, 0.3) is 11.1 Å². The fourth-order valence-corrected chi connectivity index (χ4v) is 10.2. The zero-order valence-electron chi connectivity index (χ0n) is 40.3. The molecule has 16 heteroatoms. The smallest absolute Gasteiger partial charge is 0.402 e. The summed E-state index contributed by atoms with van der Waals surface area (Å²) >= 11 is 0. The lowest BCUT2D eigenvalue weighted by molar-refractivity contribution is -0.235. The highest BCUT2D eigenvalue weighted by molar-refractivity contribution is 6.48. The quantitative estimate of drug-likeness (QED) is 0.107. The molecule has 9 atom stereocenters. The maximum atomic E-state index is 14.0.